The van der Waals surface area contributed by atoms with Crippen LogP contribution in [0.5, 0.6) is 0 Å². The van der Waals surface area contributed by atoms with Gasteiger partial charge in [0.2, 0.25) is 0 Å². The number of rotatable bonds is 7. The summed E-state index contributed by atoms with van der Waals surface area (Å²) in [7, 11) is 0. The third-order valence-corrected chi connectivity index (χ3v) is 3.63. The van der Waals surface area contributed by atoms with Gasteiger partial charge in [0.1, 0.15) is 0 Å². The van der Waals surface area contributed by atoms with Crippen molar-refractivity contribution in [3.8, 4) is 0 Å². The van der Waals surface area contributed by atoms with Crippen molar-refractivity contribution in [2.45, 2.75) is 33.1 Å². The molecule has 2 aromatic rings. The Kier molecular flexibility index (Phi) is 5.67. The van der Waals surface area contributed by atoms with Crippen LogP contribution in [0.15, 0.2) is 54.6 Å². The zero-order valence-electron chi connectivity index (χ0n) is 12.7. The molecular weight excluding hydrogens is 242 g/mol. The second-order valence-electron chi connectivity index (χ2n) is 5.41. The molecule has 0 saturated heterocycles. The van der Waals surface area contributed by atoms with Crippen LogP contribution in [0.4, 0.5) is 5.69 Å². The van der Waals surface area contributed by atoms with E-state index in [1.54, 1.807) is 0 Å². The minimum absolute atomic E-state index is 1.13. The number of aryl methyl sites for hydroxylation is 2. The Balaban J connectivity index is 1.88. The summed E-state index contributed by atoms with van der Waals surface area (Å²) in [5.41, 5.74) is 4.13. The molecule has 0 bridgehead atoms. The van der Waals surface area contributed by atoms with Gasteiger partial charge in [-0.2, -0.15) is 0 Å². The van der Waals surface area contributed by atoms with Crippen molar-refractivity contribution in [3.05, 3.63) is 65.7 Å². The molecule has 0 aliphatic carbocycles. The summed E-state index contributed by atoms with van der Waals surface area (Å²) < 4.78 is 0. The van der Waals surface area contributed by atoms with E-state index < -0.39 is 0 Å². The molecule has 0 unspecified atom stereocenters. The molecule has 106 valence electrons. The highest BCUT2D eigenvalue weighted by Gasteiger charge is 2.04. The van der Waals surface area contributed by atoms with Crippen LogP contribution < -0.4 is 4.90 Å². The van der Waals surface area contributed by atoms with Crippen LogP contribution in [-0.4, -0.2) is 13.1 Å². The van der Waals surface area contributed by atoms with Gasteiger partial charge in [0.25, 0.3) is 0 Å². The number of hydrogen-bond acceptors (Lipinski definition) is 1. The Hall–Kier alpha value is -1.76. The number of para-hydroxylation sites is 1. The smallest absolute Gasteiger partial charge is 0.0366 e. The summed E-state index contributed by atoms with van der Waals surface area (Å²) in [6.07, 6.45) is 3.56. The van der Waals surface area contributed by atoms with Crippen molar-refractivity contribution in [2.75, 3.05) is 18.0 Å². The van der Waals surface area contributed by atoms with E-state index in [0.717, 1.165) is 19.5 Å². The van der Waals surface area contributed by atoms with Gasteiger partial charge in [0, 0.05) is 18.8 Å². The molecule has 0 aliphatic rings. The number of anilines is 1. The van der Waals surface area contributed by atoms with Crippen molar-refractivity contribution < 1.29 is 0 Å². The van der Waals surface area contributed by atoms with E-state index in [1.165, 1.54) is 29.7 Å². The molecule has 0 fully saturated rings. The standard InChI is InChI=1S/C19H25N/c1-3-15-20(19-9-5-4-6-10-19)16-7-8-18-13-11-17(2)12-14-18/h4-6,9-14H,3,7-8,15-16H2,1-2H3. The van der Waals surface area contributed by atoms with Gasteiger partial charge in [-0.25, -0.2) is 0 Å². The van der Waals surface area contributed by atoms with Crippen LogP contribution in [0, 0.1) is 6.92 Å². The van der Waals surface area contributed by atoms with E-state index >= 15 is 0 Å². The fourth-order valence-electron chi connectivity index (χ4n) is 2.51. The SMILES string of the molecule is CCCN(CCCc1ccc(C)cc1)c1ccccc1. The molecule has 0 atom stereocenters. The van der Waals surface area contributed by atoms with Gasteiger partial charge < -0.3 is 4.90 Å². The Labute approximate surface area is 123 Å². The van der Waals surface area contributed by atoms with Crippen LogP contribution in [0.1, 0.15) is 30.9 Å². The van der Waals surface area contributed by atoms with Crippen molar-refractivity contribution >= 4 is 5.69 Å². The quantitative estimate of drug-likeness (QED) is 0.693. The average Bonchev–Trinajstić information content (AvgIpc) is 2.49. The van der Waals surface area contributed by atoms with E-state index in [-0.39, 0.29) is 0 Å². The van der Waals surface area contributed by atoms with Gasteiger partial charge in [-0.3, -0.25) is 0 Å². The number of nitrogens with zero attached hydrogens (tertiary/aromatic N) is 1. The third-order valence-electron chi connectivity index (χ3n) is 3.63. The molecule has 20 heavy (non-hydrogen) atoms. The van der Waals surface area contributed by atoms with Crippen molar-refractivity contribution in [2.24, 2.45) is 0 Å². The zero-order valence-corrected chi connectivity index (χ0v) is 12.7. The Morgan fingerprint density at radius 2 is 1.55 bits per heavy atom. The van der Waals surface area contributed by atoms with Crippen molar-refractivity contribution in [1.29, 1.82) is 0 Å². The largest absolute Gasteiger partial charge is 0.372 e. The fourth-order valence-corrected chi connectivity index (χ4v) is 2.51. The lowest BCUT2D eigenvalue weighted by Crippen LogP contribution is -2.25. The van der Waals surface area contributed by atoms with E-state index in [9.17, 15) is 0 Å². The minimum Gasteiger partial charge on any atom is -0.372 e. The molecule has 1 heteroatoms. The number of hydrogen-bond donors (Lipinski definition) is 0. The second-order valence-corrected chi connectivity index (χ2v) is 5.41. The molecule has 0 spiro atoms. The van der Waals surface area contributed by atoms with Gasteiger partial charge in [0.15, 0.2) is 0 Å². The summed E-state index contributed by atoms with van der Waals surface area (Å²) in [6.45, 7) is 6.65. The van der Waals surface area contributed by atoms with Crippen LogP contribution in [0.25, 0.3) is 0 Å². The highest BCUT2D eigenvalue weighted by molar-refractivity contribution is 5.45. The summed E-state index contributed by atoms with van der Waals surface area (Å²) in [5, 5.41) is 0. The molecule has 1 nitrogen and oxygen atoms in total. The topological polar surface area (TPSA) is 3.24 Å². The molecule has 0 aliphatic heterocycles. The van der Waals surface area contributed by atoms with E-state index in [1.807, 2.05) is 0 Å². The first-order valence-electron chi connectivity index (χ1n) is 7.65. The third kappa shape index (κ3) is 4.41. The maximum absolute atomic E-state index is 2.49. The van der Waals surface area contributed by atoms with Gasteiger partial charge in [-0.15, -0.1) is 0 Å². The summed E-state index contributed by atoms with van der Waals surface area (Å²) in [4.78, 5) is 2.49. The maximum Gasteiger partial charge on any atom is 0.0366 e. The highest BCUT2D eigenvalue weighted by atomic mass is 15.1. The van der Waals surface area contributed by atoms with Crippen molar-refractivity contribution in [1.82, 2.24) is 0 Å². The second kappa shape index (κ2) is 7.74. The summed E-state index contributed by atoms with van der Waals surface area (Å²) in [6, 6.07) is 19.7. The first-order chi connectivity index (χ1) is 9.79. The first kappa shape index (κ1) is 14.6. The van der Waals surface area contributed by atoms with Crippen molar-refractivity contribution in [3.63, 3.8) is 0 Å². The average molecular weight is 267 g/mol. The van der Waals surface area contributed by atoms with E-state index in [0.29, 0.717) is 0 Å². The fraction of sp³-hybridized carbons (Fsp3) is 0.368. The molecular formula is C19H25N. The molecule has 0 saturated carbocycles. The number of benzene rings is 2. The summed E-state index contributed by atoms with van der Waals surface area (Å²) in [5.74, 6) is 0. The lowest BCUT2D eigenvalue weighted by Gasteiger charge is -2.24. The summed E-state index contributed by atoms with van der Waals surface area (Å²) >= 11 is 0. The molecule has 0 heterocycles. The molecule has 0 aromatic heterocycles. The van der Waals surface area contributed by atoms with Gasteiger partial charge >= 0.3 is 0 Å². The predicted molar refractivity (Wildman–Crippen MR) is 88.4 cm³/mol. The van der Waals surface area contributed by atoms with E-state index in [2.05, 4.69) is 73.3 Å². The van der Waals surface area contributed by atoms with Gasteiger partial charge in [0.05, 0.1) is 0 Å². The van der Waals surface area contributed by atoms with Crippen LogP contribution in [0.2, 0.25) is 0 Å². The molecule has 2 rings (SSSR count). The van der Waals surface area contributed by atoms with Gasteiger partial charge in [-0.1, -0.05) is 55.0 Å². The van der Waals surface area contributed by atoms with Crippen LogP contribution in [-0.2, 0) is 6.42 Å². The highest BCUT2D eigenvalue weighted by Crippen LogP contribution is 2.15. The van der Waals surface area contributed by atoms with Crippen LogP contribution in [0.3, 0.4) is 0 Å². The molecule has 0 amide bonds. The van der Waals surface area contributed by atoms with Gasteiger partial charge in [-0.05, 0) is 43.9 Å². The zero-order chi connectivity index (χ0) is 14.2. The predicted octanol–water partition coefficient (Wildman–Crippen LogP) is 4.84. The monoisotopic (exact) mass is 267 g/mol. The first-order valence-corrected chi connectivity index (χ1v) is 7.65. The lowest BCUT2D eigenvalue weighted by atomic mass is 10.1. The maximum atomic E-state index is 2.49. The van der Waals surface area contributed by atoms with Crippen LogP contribution >= 0.6 is 0 Å². The Bertz CT molecular complexity index is 487. The van der Waals surface area contributed by atoms with E-state index in [4.69, 9.17) is 0 Å². The molecule has 0 radical (unpaired) electrons. The minimum atomic E-state index is 1.13. The normalized spacial score (nSPS) is 10.5. The Morgan fingerprint density at radius 3 is 2.20 bits per heavy atom. The Morgan fingerprint density at radius 1 is 0.850 bits per heavy atom. The molecule has 2 aromatic carbocycles. The lowest BCUT2D eigenvalue weighted by molar-refractivity contribution is 0.714. The molecule has 0 N–H and O–H groups in total.